The molecule has 4 rings (SSSR count). The molecule has 1 aliphatic rings. The fourth-order valence-electron chi connectivity index (χ4n) is 2.97. The van der Waals surface area contributed by atoms with Gasteiger partial charge in [-0.15, -0.1) is 0 Å². The minimum atomic E-state index is -0.339. The fraction of sp³-hybridized carbons (Fsp3) is 0.111. The van der Waals surface area contributed by atoms with Crippen molar-refractivity contribution in [2.75, 3.05) is 0 Å². The van der Waals surface area contributed by atoms with Crippen LogP contribution in [0.15, 0.2) is 53.7 Å². The molecule has 1 aliphatic heterocycles. The van der Waals surface area contributed by atoms with Crippen molar-refractivity contribution in [1.82, 2.24) is 9.55 Å². The molecule has 1 N–H and O–H groups in total. The van der Waals surface area contributed by atoms with Gasteiger partial charge >= 0.3 is 0 Å². The lowest BCUT2D eigenvalue weighted by Gasteiger charge is -2.14. The first-order valence-corrected chi connectivity index (χ1v) is 7.83. The molecular formula is C18H13ClFN3O. The molecule has 6 heteroatoms. The Morgan fingerprint density at radius 3 is 2.79 bits per heavy atom. The van der Waals surface area contributed by atoms with Gasteiger partial charge in [-0.25, -0.2) is 9.37 Å². The monoisotopic (exact) mass is 344 g/mol. The number of halogens is 2. The molecule has 0 spiro atoms. The summed E-state index contributed by atoms with van der Waals surface area (Å²) in [5.74, 6) is 0.174. The molecule has 0 aliphatic carbocycles. The Bertz CT molecular complexity index is 965. The Morgan fingerprint density at radius 1 is 1.17 bits per heavy atom. The largest absolute Gasteiger partial charge is 0.388 e. The van der Waals surface area contributed by atoms with E-state index in [0.29, 0.717) is 34.2 Å². The second kappa shape index (κ2) is 5.85. The zero-order valence-electron chi connectivity index (χ0n) is 12.6. The van der Waals surface area contributed by atoms with E-state index in [9.17, 15) is 9.50 Å². The first kappa shape index (κ1) is 15.1. The molecule has 0 unspecified atom stereocenters. The van der Waals surface area contributed by atoms with Crippen LogP contribution < -0.4 is 0 Å². The van der Waals surface area contributed by atoms with Gasteiger partial charge in [-0.3, -0.25) is 9.56 Å². The van der Waals surface area contributed by atoms with Gasteiger partial charge in [0.2, 0.25) is 0 Å². The summed E-state index contributed by atoms with van der Waals surface area (Å²) in [4.78, 5) is 8.83. The molecular weight excluding hydrogens is 332 g/mol. The quantitative estimate of drug-likeness (QED) is 0.723. The van der Waals surface area contributed by atoms with Crippen LogP contribution in [0.4, 0.5) is 4.39 Å². The number of benzene rings is 2. The van der Waals surface area contributed by atoms with Crippen molar-refractivity contribution >= 4 is 17.3 Å². The van der Waals surface area contributed by atoms with Gasteiger partial charge in [-0.1, -0.05) is 23.7 Å². The second-order valence-corrected chi connectivity index (χ2v) is 5.90. The zero-order valence-corrected chi connectivity index (χ0v) is 13.3. The van der Waals surface area contributed by atoms with Crippen molar-refractivity contribution in [2.45, 2.75) is 13.2 Å². The minimum Gasteiger partial charge on any atom is -0.388 e. The summed E-state index contributed by atoms with van der Waals surface area (Å²) in [5.41, 5.74) is 3.27. The minimum absolute atomic E-state index is 0.197. The average Bonchev–Trinajstić information content (AvgIpc) is 2.93. The number of aliphatic hydroxyl groups excluding tert-OH is 1. The predicted molar refractivity (Wildman–Crippen MR) is 90.2 cm³/mol. The molecule has 24 heavy (non-hydrogen) atoms. The third-order valence-corrected chi connectivity index (χ3v) is 4.27. The van der Waals surface area contributed by atoms with Crippen molar-refractivity contribution in [3.8, 4) is 5.69 Å². The van der Waals surface area contributed by atoms with Crippen molar-refractivity contribution in [3.63, 3.8) is 0 Å². The molecule has 3 aromatic rings. The fourth-order valence-corrected chi connectivity index (χ4v) is 3.14. The molecule has 0 atom stereocenters. The van der Waals surface area contributed by atoms with E-state index >= 15 is 0 Å². The van der Waals surface area contributed by atoms with Crippen LogP contribution in [0, 0.1) is 5.82 Å². The number of aliphatic imine (C=N–C) groups is 1. The molecule has 0 amide bonds. The molecule has 4 nitrogen and oxygen atoms in total. The van der Waals surface area contributed by atoms with Gasteiger partial charge in [0.05, 0.1) is 29.8 Å². The van der Waals surface area contributed by atoms with E-state index in [1.807, 2.05) is 10.6 Å². The number of hydrogen-bond acceptors (Lipinski definition) is 3. The summed E-state index contributed by atoms with van der Waals surface area (Å²) in [7, 11) is 0. The van der Waals surface area contributed by atoms with E-state index in [1.165, 1.54) is 6.07 Å². The molecule has 2 aromatic carbocycles. The molecule has 120 valence electrons. The van der Waals surface area contributed by atoms with Crippen LogP contribution in [0.1, 0.15) is 22.6 Å². The van der Waals surface area contributed by atoms with Crippen LogP contribution in [0.2, 0.25) is 5.02 Å². The summed E-state index contributed by atoms with van der Waals surface area (Å²) in [6, 6.07) is 11.9. The summed E-state index contributed by atoms with van der Waals surface area (Å²) < 4.78 is 16.2. The molecule has 0 bridgehead atoms. The van der Waals surface area contributed by atoms with Gasteiger partial charge < -0.3 is 5.11 Å². The van der Waals surface area contributed by atoms with Crippen molar-refractivity contribution in [3.05, 3.63) is 82.1 Å². The number of hydrogen-bond donors (Lipinski definition) is 1. The zero-order chi connectivity index (χ0) is 16.7. The van der Waals surface area contributed by atoms with E-state index in [2.05, 4.69) is 9.98 Å². The number of fused-ring (bicyclic) bond motifs is 3. The van der Waals surface area contributed by atoms with E-state index in [0.717, 1.165) is 11.4 Å². The summed E-state index contributed by atoms with van der Waals surface area (Å²) >= 11 is 6.17. The summed E-state index contributed by atoms with van der Waals surface area (Å²) in [5, 5.41) is 10.1. The predicted octanol–water partition coefficient (Wildman–Crippen LogP) is 3.51. The molecule has 0 fully saturated rings. The van der Waals surface area contributed by atoms with Crippen molar-refractivity contribution < 1.29 is 9.50 Å². The number of rotatable bonds is 2. The van der Waals surface area contributed by atoms with Crippen molar-refractivity contribution in [2.24, 2.45) is 4.99 Å². The lowest BCUT2D eigenvalue weighted by atomic mass is 10.00. The molecule has 0 radical (unpaired) electrons. The highest BCUT2D eigenvalue weighted by atomic mass is 35.5. The van der Waals surface area contributed by atoms with Crippen LogP contribution in [0.5, 0.6) is 0 Å². The highest BCUT2D eigenvalue weighted by molar-refractivity contribution is 6.31. The lowest BCUT2D eigenvalue weighted by molar-refractivity contribution is 0.269. The van der Waals surface area contributed by atoms with E-state index in [-0.39, 0.29) is 12.4 Å². The summed E-state index contributed by atoms with van der Waals surface area (Å²) in [6.45, 7) is 0.139. The van der Waals surface area contributed by atoms with Gasteiger partial charge in [0.25, 0.3) is 0 Å². The standard InChI is InChI=1S/C18H13ClFN3O/c19-11-5-6-16-14(7-11)18(13-3-1-2-4-15(13)20)22-9-12-8-21-17(10-24)23(12)16/h1-8,24H,9-10H2/i10+1,12+1,17+1. The summed E-state index contributed by atoms with van der Waals surface area (Å²) in [6.07, 6.45) is 1.68. The van der Waals surface area contributed by atoms with Crippen molar-refractivity contribution in [1.29, 1.82) is 0 Å². The first-order chi connectivity index (χ1) is 11.7. The Labute approximate surface area is 142 Å². The highest BCUT2D eigenvalue weighted by Crippen LogP contribution is 2.29. The van der Waals surface area contributed by atoms with Crippen LogP contribution in [0.3, 0.4) is 0 Å². The lowest BCUT2D eigenvalue weighted by Crippen LogP contribution is -2.10. The average molecular weight is 345 g/mol. The van der Waals surface area contributed by atoms with E-state index in [1.54, 1.807) is 36.5 Å². The highest BCUT2D eigenvalue weighted by Gasteiger charge is 2.23. The molecule has 0 saturated heterocycles. The van der Waals surface area contributed by atoms with Gasteiger partial charge in [0.1, 0.15) is 18.2 Å². The number of aliphatic hydroxyl groups is 1. The van der Waals surface area contributed by atoms with E-state index in [4.69, 9.17) is 11.6 Å². The Morgan fingerprint density at radius 2 is 2.00 bits per heavy atom. The number of imidazole rings is 1. The smallest absolute Gasteiger partial charge is 0.139 e. The maximum Gasteiger partial charge on any atom is 0.139 e. The van der Waals surface area contributed by atoms with Crippen LogP contribution in [0.25, 0.3) is 5.69 Å². The van der Waals surface area contributed by atoms with Gasteiger partial charge in [0, 0.05) is 16.1 Å². The van der Waals surface area contributed by atoms with Crippen LogP contribution in [-0.2, 0) is 13.2 Å². The third kappa shape index (κ3) is 2.33. The molecule has 2 heterocycles. The Balaban J connectivity index is 2.01. The second-order valence-electron chi connectivity index (χ2n) is 5.47. The third-order valence-electron chi connectivity index (χ3n) is 4.03. The van der Waals surface area contributed by atoms with Gasteiger partial charge in [-0.2, -0.15) is 0 Å². The topological polar surface area (TPSA) is 50.4 Å². The Kier molecular flexibility index (Phi) is 3.67. The van der Waals surface area contributed by atoms with Crippen LogP contribution >= 0.6 is 11.6 Å². The van der Waals surface area contributed by atoms with Gasteiger partial charge in [0.15, 0.2) is 0 Å². The number of nitrogens with zero attached hydrogens (tertiary/aromatic N) is 3. The molecule has 0 saturated carbocycles. The SMILES string of the molecule is O[13CH2][13c]1nc[13c]2n1-c1ccc(Cl)cc1C(c1ccccc1F)=NC2. The van der Waals surface area contributed by atoms with E-state index < -0.39 is 0 Å². The normalized spacial score (nSPS) is 13.0. The van der Waals surface area contributed by atoms with Gasteiger partial charge in [-0.05, 0) is 30.3 Å². The Hall–Kier alpha value is -2.50. The maximum atomic E-state index is 14.3. The molecule has 1 aromatic heterocycles. The van der Waals surface area contributed by atoms with Crippen LogP contribution in [-0.4, -0.2) is 20.4 Å². The maximum absolute atomic E-state index is 14.3. The number of aromatic nitrogens is 2. The first-order valence-electron chi connectivity index (χ1n) is 7.45.